The van der Waals surface area contributed by atoms with E-state index in [0.717, 1.165) is 16.9 Å². The first kappa shape index (κ1) is 16.8. The number of anilines is 2. The monoisotopic (exact) mass is 355 g/mol. The van der Waals surface area contributed by atoms with Crippen LogP contribution in [-0.2, 0) is 11.2 Å². The number of carbonyl (C=O) groups excluding carboxylic acids is 2. The van der Waals surface area contributed by atoms with E-state index in [1.165, 1.54) is 23.6 Å². The summed E-state index contributed by atoms with van der Waals surface area (Å²) in [6.45, 7) is 0. The first-order valence-corrected chi connectivity index (χ1v) is 8.34. The van der Waals surface area contributed by atoms with Gasteiger partial charge in [0.2, 0.25) is 5.91 Å². The van der Waals surface area contributed by atoms with Gasteiger partial charge in [-0.15, -0.1) is 11.3 Å². The third kappa shape index (κ3) is 4.71. The van der Waals surface area contributed by atoms with E-state index in [1.807, 2.05) is 30.3 Å². The van der Waals surface area contributed by atoms with Gasteiger partial charge < -0.3 is 10.6 Å². The predicted octanol–water partition coefficient (Wildman–Crippen LogP) is 3.72. The smallest absolute Gasteiger partial charge is 0.275 e. The summed E-state index contributed by atoms with van der Waals surface area (Å²) in [6.07, 6.45) is 0.227. The highest BCUT2D eigenvalue weighted by Crippen LogP contribution is 2.18. The second-order valence-electron chi connectivity index (χ2n) is 5.21. The van der Waals surface area contributed by atoms with Crippen LogP contribution in [0.3, 0.4) is 0 Å². The summed E-state index contributed by atoms with van der Waals surface area (Å²) in [5, 5.41) is 7.10. The average molecular weight is 355 g/mol. The predicted molar refractivity (Wildman–Crippen MR) is 95.2 cm³/mol. The van der Waals surface area contributed by atoms with Crippen molar-refractivity contribution in [2.24, 2.45) is 0 Å². The van der Waals surface area contributed by atoms with Gasteiger partial charge in [-0.25, -0.2) is 9.37 Å². The van der Waals surface area contributed by atoms with Gasteiger partial charge in [0.25, 0.3) is 5.91 Å². The van der Waals surface area contributed by atoms with Crippen LogP contribution in [0.15, 0.2) is 60.0 Å². The molecule has 1 aromatic heterocycles. The summed E-state index contributed by atoms with van der Waals surface area (Å²) < 4.78 is 13.1. The third-order valence-corrected chi connectivity index (χ3v) is 4.03. The standard InChI is InChI=1S/C18H14FN3O2S/c19-13-7-4-8-14(10-13)20-17(24)15-11-25-18(21-15)22-16(23)9-12-5-2-1-3-6-12/h1-8,10-11H,9H2,(H,20,24)(H,21,22,23). The van der Waals surface area contributed by atoms with Crippen LogP contribution in [0.4, 0.5) is 15.2 Å². The number of amides is 2. The van der Waals surface area contributed by atoms with Gasteiger partial charge in [-0.3, -0.25) is 9.59 Å². The first-order chi connectivity index (χ1) is 12.1. The second kappa shape index (κ2) is 7.67. The molecule has 0 saturated carbocycles. The number of hydrogen-bond donors (Lipinski definition) is 2. The molecule has 0 saturated heterocycles. The molecule has 0 unspecified atom stereocenters. The molecule has 0 atom stereocenters. The highest BCUT2D eigenvalue weighted by Gasteiger charge is 2.13. The molecule has 3 aromatic rings. The Kier molecular flexibility index (Phi) is 5.15. The van der Waals surface area contributed by atoms with Crippen molar-refractivity contribution >= 4 is 34.0 Å². The molecule has 3 rings (SSSR count). The molecule has 0 aliphatic heterocycles. The molecule has 0 aliphatic rings. The minimum absolute atomic E-state index is 0.157. The normalized spacial score (nSPS) is 10.3. The van der Waals surface area contributed by atoms with E-state index in [0.29, 0.717) is 10.8 Å². The van der Waals surface area contributed by atoms with Crippen LogP contribution in [0.25, 0.3) is 0 Å². The maximum absolute atomic E-state index is 13.1. The van der Waals surface area contributed by atoms with Gasteiger partial charge in [0.15, 0.2) is 5.13 Å². The lowest BCUT2D eigenvalue weighted by Crippen LogP contribution is -2.15. The number of halogens is 1. The van der Waals surface area contributed by atoms with Gasteiger partial charge in [0, 0.05) is 11.1 Å². The molecule has 1 heterocycles. The Bertz CT molecular complexity index is 896. The Balaban J connectivity index is 1.60. The van der Waals surface area contributed by atoms with Crippen LogP contribution < -0.4 is 10.6 Å². The van der Waals surface area contributed by atoms with Crippen molar-refractivity contribution in [3.8, 4) is 0 Å². The molecule has 0 bridgehead atoms. The summed E-state index contributed by atoms with van der Waals surface area (Å²) in [5.41, 5.74) is 1.39. The minimum atomic E-state index is -0.467. The van der Waals surface area contributed by atoms with Crippen LogP contribution >= 0.6 is 11.3 Å². The third-order valence-electron chi connectivity index (χ3n) is 3.27. The topological polar surface area (TPSA) is 71.1 Å². The molecule has 7 heteroatoms. The zero-order chi connectivity index (χ0) is 17.6. The summed E-state index contributed by atoms with van der Waals surface area (Å²) >= 11 is 1.15. The van der Waals surface area contributed by atoms with Crippen LogP contribution in [0.2, 0.25) is 0 Å². The van der Waals surface area contributed by atoms with E-state index in [9.17, 15) is 14.0 Å². The van der Waals surface area contributed by atoms with E-state index in [2.05, 4.69) is 15.6 Å². The van der Waals surface area contributed by atoms with Gasteiger partial charge >= 0.3 is 0 Å². The molecular formula is C18H14FN3O2S. The Morgan fingerprint density at radius 3 is 2.60 bits per heavy atom. The Morgan fingerprint density at radius 1 is 1.04 bits per heavy atom. The Labute approximate surface area is 147 Å². The van der Waals surface area contributed by atoms with Crippen LogP contribution in [0.5, 0.6) is 0 Å². The van der Waals surface area contributed by atoms with Crippen LogP contribution in [0.1, 0.15) is 16.1 Å². The van der Waals surface area contributed by atoms with Crippen LogP contribution in [-0.4, -0.2) is 16.8 Å². The quantitative estimate of drug-likeness (QED) is 0.733. The van der Waals surface area contributed by atoms with Gasteiger partial charge in [0.1, 0.15) is 11.5 Å². The molecule has 2 amide bonds. The van der Waals surface area contributed by atoms with E-state index in [4.69, 9.17) is 0 Å². The van der Waals surface area contributed by atoms with E-state index in [1.54, 1.807) is 6.07 Å². The number of nitrogens with one attached hydrogen (secondary N) is 2. The lowest BCUT2D eigenvalue weighted by molar-refractivity contribution is -0.115. The average Bonchev–Trinajstić information content (AvgIpc) is 3.04. The molecule has 0 fully saturated rings. The Morgan fingerprint density at radius 2 is 1.84 bits per heavy atom. The van der Waals surface area contributed by atoms with Gasteiger partial charge in [0.05, 0.1) is 6.42 Å². The summed E-state index contributed by atoms with van der Waals surface area (Å²) in [6, 6.07) is 14.9. The summed E-state index contributed by atoms with van der Waals surface area (Å²) in [4.78, 5) is 28.2. The molecule has 5 nitrogen and oxygen atoms in total. The molecule has 0 spiro atoms. The number of benzene rings is 2. The maximum atomic E-state index is 13.1. The van der Waals surface area contributed by atoms with Crippen LogP contribution in [0, 0.1) is 5.82 Å². The fourth-order valence-corrected chi connectivity index (χ4v) is 2.85. The van der Waals surface area contributed by atoms with E-state index >= 15 is 0 Å². The van der Waals surface area contributed by atoms with Gasteiger partial charge in [-0.2, -0.15) is 0 Å². The molecular weight excluding hydrogens is 341 g/mol. The number of hydrogen-bond acceptors (Lipinski definition) is 4. The lowest BCUT2D eigenvalue weighted by atomic mass is 10.1. The van der Waals surface area contributed by atoms with Crippen molar-refractivity contribution in [3.63, 3.8) is 0 Å². The van der Waals surface area contributed by atoms with Crippen molar-refractivity contribution in [3.05, 3.63) is 77.1 Å². The highest BCUT2D eigenvalue weighted by molar-refractivity contribution is 7.14. The largest absolute Gasteiger partial charge is 0.321 e. The number of nitrogens with zero attached hydrogens (tertiary/aromatic N) is 1. The summed E-state index contributed by atoms with van der Waals surface area (Å²) in [7, 11) is 0. The number of rotatable bonds is 5. The van der Waals surface area contributed by atoms with Crippen molar-refractivity contribution in [1.29, 1.82) is 0 Å². The maximum Gasteiger partial charge on any atom is 0.275 e. The molecule has 126 valence electrons. The second-order valence-corrected chi connectivity index (χ2v) is 6.07. The number of carbonyl (C=O) groups is 2. The zero-order valence-corrected chi connectivity index (χ0v) is 13.8. The zero-order valence-electron chi connectivity index (χ0n) is 13.0. The molecule has 2 aromatic carbocycles. The van der Waals surface area contributed by atoms with E-state index in [-0.39, 0.29) is 18.0 Å². The van der Waals surface area contributed by atoms with Crippen molar-refractivity contribution in [2.75, 3.05) is 10.6 Å². The molecule has 0 aliphatic carbocycles. The molecule has 2 N–H and O–H groups in total. The molecule has 0 radical (unpaired) electrons. The fraction of sp³-hybridized carbons (Fsp3) is 0.0556. The van der Waals surface area contributed by atoms with Crippen molar-refractivity contribution in [2.45, 2.75) is 6.42 Å². The Hall–Kier alpha value is -3.06. The SMILES string of the molecule is O=C(Cc1ccccc1)Nc1nc(C(=O)Nc2cccc(F)c2)cs1. The molecule has 25 heavy (non-hydrogen) atoms. The fourth-order valence-electron chi connectivity index (χ4n) is 2.14. The van der Waals surface area contributed by atoms with E-state index < -0.39 is 11.7 Å². The van der Waals surface area contributed by atoms with Crippen molar-refractivity contribution < 1.29 is 14.0 Å². The summed E-state index contributed by atoms with van der Waals surface area (Å²) in [5.74, 6) is -1.12. The van der Waals surface area contributed by atoms with Gasteiger partial charge in [-0.1, -0.05) is 36.4 Å². The number of thiazole rings is 1. The van der Waals surface area contributed by atoms with Gasteiger partial charge in [-0.05, 0) is 23.8 Å². The first-order valence-electron chi connectivity index (χ1n) is 7.46. The number of aromatic nitrogens is 1. The van der Waals surface area contributed by atoms with Crippen molar-refractivity contribution in [1.82, 2.24) is 4.98 Å². The lowest BCUT2D eigenvalue weighted by Gasteiger charge is -2.03. The highest BCUT2D eigenvalue weighted by atomic mass is 32.1. The minimum Gasteiger partial charge on any atom is -0.321 e.